The minimum Gasteiger partial charge on any atom is -0.322 e. The molecule has 1 aliphatic rings. The molecule has 1 N–H and O–H groups in total. The highest BCUT2D eigenvalue weighted by Crippen LogP contribution is 2.29. The standard InChI is InChI=1S/C14H8BrNO2/c15-16-8-5-6-11-12(7-8)14(18)10-4-2-1-3-9(10)13(11)17/h1-7,16H. The highest BCUT2D eigenvalue weighted by molar-refractivity contribution is 9.10. The predicted molar refractivity (Wildman–Crippen MR) is 72.3 cm³/mol. The second kappa shape index (κ2) is 4.07. The zero-order valence-electron chi connectivity index (χ0n) is 9.24. The van der Waals surface area contributed by atoms with Gasteiger partial charge in [-0.25, -0.2) is 0 Å². The molecular formula is C14H8BrNO2. The first-order valence-corrected chi connectivity index (χ1v) is 6.21. The fourth-order valence-corrected chi connectivity index (χ4v) is 2.40. The van der Waals surface area contributed by atoms with E-state index in [4.69, 9.17) is 0 Å². The lowest BCUT2D eigenvalue weighted by molar-refractivity contribution is 0.0979. The van der Waals surface area contributed by atoms with Crippen LogP contribution < -0.4 is 4.34 Å². The maximum Gasteiger partial charge on any atom is 0.194 e. The molecule has 0 unspecified atom stereocenters. The summed E-state index contributed by atoms with van der Waals surface area (Å²) in [6.07, 6.45) is 0. The molecule has 4 heteroatoms. The van der Waals surface area contributed by atoms with Crippen molar-refractivity contribution in [1.82, 2.24) is 0 Å². The van der Waals surface area contributed by atoms with Gasteiger partial charge in [0.25, 0.3) is 0 Å². The van der Waals surface area contributed by atoms with E-state index >= 15 is 0 Å². The molecule has 88 valence electrons. The van der Waals surface area contributed by atoms with Crippen LogP contribution in [0.2, 0.25) is 0 Å². The van der Waals surface area contributed by atoms with Crippen LogP contribution in [0.4, 0.5) is 5.69 Å². The fourth-order valence-electron chi connectivity index (χ4n) is 2.16. The molecule has 0 atom stereocenters. The van der Waals surface area contributed by atoms with Gasteiger partial charge in [-0.15, -0.1) is 0 Å². The molecule has 18 heavy (non-hydrogen) atoms. The molecule has 0 radical (unpaired) electrons. The predicted octanol–water partition coefficient (Wildman–Crippen LogP) is 3.18. The zero-order chi connectivity index (χ0) is 12.7. The lowest BCUT2D eigenvalue weighted by Crippen LogP contribution is -2.20. The highest BCUT2D eigenvalue weighted by atomic mass is 79.9. The summed E-state index contributed by atoms with van der Waals surface area (Å²) in [5.74, 6) is -0.203. The van der Waals surface area contributed by atoms with Crippen LogP contribution in [-0.4, -0.2) is 11.6 Å². The Labute approximate surface area is 112 Å². The average Bonchev–Trinajstić information content (AvgIpc) is 2.44. The number of fused-ring (bicyclic) bond motifs is 2. The molecule has 3 nitrogen and oxygen atoms in total. The molecule has 0 aliphatic heterocycles. The fraction of sp³-hybridized carbons (Fsp3) is 0. The van der Waals surface area contributed by atoms with Crippen LogP contribution in [0, 0.1) is 0 Å². The first kappa shape index (κ1) is 11.2. The van der Waals surface area contributed by atoms with Crippen LogP contribution in [0.15, 0.2) is 42.5 Å². The zero-order valence-corrected chi connectivity index (χ0v) is 10.8. The second-order valence-electron chi connectivity index (χ2n) is 4.06. The van der Waals surface area contributed by atoms with Gasteiger partial charge in [0, 0.05) is 44.1 Å². The van der Waals surface area contributed by atoms with E-state index in [1.807, 2.05) is 0 Å². The Hall–Kier alpha value is -1.94. The first-order valence-electron chi connectivity index (χ1n) is 5.41. The largest absolute Gasteiger partial charge is 0.322 e. The van der Waals surface area contributed by atoms with Crippen LogP contribution in [0.1, 0.15) is 31.8 Å². The molecular weight excluding hydrogens is 294 g/mol. The summed E-state index contributed by atoms with van der Waals surface area (Å²) in [4.78, 5) is 24.6. The van der Waals surface area contributed by atoms with Crippen molar-refractivity contribution >= 4 is 33.4 Å². The van der Waals surface area contributed by atoms with Crippen molar-refractivity contribution in [3.8, 4) is 0 Å². The number of ketones is 2. The van der Waals surface area contributed by atoms with Crippen molar-refractivity contribution < 1.29 is 9.59 Å². The van der Waals surface area contributed by atoms with E-state index in [1.54, 1.807) is 42.5 Å². The van der Waals surface area contributed by atoms with Gasteiger partial charge in [0.2, 0.25) is 0 Å². The lowest BCUT2D eigenvalue weighted by atomic mass is 9.84. The van der Waals surface area contributed by atoms with Crippen LogP contribution in [-0.2, 0) is 0 Å². The molecule has 0 heterocycles. The Balaban J connectivity index is 2.27. The van der Waals surface area contributed by atoms with Gasteiger partial charge in [-0.2, -0.15) is 0 Å². The number of hydrogen-bond donors (Lipinski definition) is 1. The van der Waals surface area contributed by atoms with E-state index in [1.165, 1.54) is 0 Å². The second-order valence-corrected chi connectivity index (χ2v) is 4.46. The number of rotatable bonds is 1. The Morgan fingerprint density at radius 2 is 1.33 bits per heavy atom. The molecule has 0 fully saturated rings. The Morgan fingerprint density at radius 3 is 1.94 bits per heavy atom. The molecule has 0 bridgehead atoms. The summed E-state index contributed by atoms with van der Waals surface area (Å²) in [6, 6.07) is 12.0. The van der Waals surface area contributed by atoms with Gasteiger partial charge >= 0.3 is 0 Å². The van der Waals surface area contributed by atoms with E-state index in [0.29, 0.717) is 22.3 Å². The number of benzene rings is 2. The quantitative estimate of drug-likeness (QED) is 0.702. The molecule has 0 saturated heterocycles. The van der Waals surface area contributed by atoms with Gasteiger partial charge in [-0.3, -0.25) is 9.59 Å². The monoisotopic (exact) mass is 301 g/mol. The van der Waals surface area contributed by atoms with Gasteiger partial charge in [0.05, 0.1) is 0 Å². The minimum absolute atomic E-state index is 0.0960. The Morgan fingerprint density at radius 1 is 0.778 bits per heavy atom. The summed E-state index contributed by atoms with van der Waals surface area (Å²) < 4.78 is 2.79. The summed E-state index contributed by atoms with van der Waals surface area (Å²) in [5, 5.41) is 0. The van der Waals surface area contributed by atoms with Crippen molar-refractivity contribution in [3.05, 3.63) is 64.7 Å². The summed E-state index contributed by atoms with van der Waals surface area (Å²) in [7, 11) is 0. The molecule has 0 saturated carbocycles. The molecule has 0 spiro atoms. The van der Waals surface area contributed by atoms with Crippen LogP contribution in [0.3, 0.4) is 0 Å². The molecule has 0 amide bonds. The number of carbonyl (C=O) groups excluding carboxylic acids is 2. The SMILES string of the molecule is O=C1c2ccccc2C(=O)c2cc(NBr)ccc21. The van der Waals surface area contributed by atoms with Crippen molar-refractivity contribution in [2.24, 2.45) is 0 Å². The number of hydrogen-bond acceptors (Lipinski definition) is 3. The molecule has 2 aromatic rings. The van der Waals surface area contributed by atoms with E-state index in [9.17, 15) is 9.59 Å². The van der Waals surface area contributed by atoms with Crippen molar-refractivity contribution in [2.75, 3.05) is 4.34 Å². The number of anilines is 1. The molecule has 3 rings (SSSR count). The normalized spacial score (nSPS) is 12.9. The van der Waals surface area contributed by atoms with Crippen LogP contribution >= 0.6 is 16.1 Å². The van der Waals surface area contributed by atoms with Crippen LogP contribution in [0.5, 0.6) is 0 Å². The molecule has 1 aliphatic carbocycles. The third-order valence-corrected chi connectivity index (χ3v) is 3.49. The van der Waals surface area contributed by atoms with Gasteiger partial charge in [0.15, 0.2) is 11.6 Å². The van der Waals surface area contributed by atoms with Crippen molar-refractivity contribution in [3.63, 3.8) is 0 Å². The smallest absolute Gasteiger partial charge is 0.194 e. The van der Waals surface area contributed by atoms with E-state index in [-0.39, 0.29) is 11.6 Å². The third-order valence-electron chi connectivity index (χ3n) is 3.03. The summed E-state index contributed by atoms with van der Waals surface area (Å²) in [5.41, 5.74) is 2.61. The maximum absolute atomic E-state index is 12.3. The third kappa shape index (κ3) is 1.49. The van der Waals surface area contributed by atoms with E-state index in [2.05, 4.69) is 20.5 Å². The Bertz CT molecular complexity index is 679. The number of carbonyl (C=O) groups is 2. The van der Waals surface area contributed by atoms with Crippen molar-refractivity contribution in [2.45, 2.75) is 0 Å². The lowest BCUT2D eigenvalue weighted by Gasteiger charge is -2.17. The Kier molecular flexibility index (Phi) is 2.52. The van der Waals surface area contributed by atoms with Gasteiger partial charge in [0.1, 0.15) is 0 Å². The highest BCUT2D eigenvalue weighted by Gasteiger charge is 2.29. The first-order chi connectivity index (χ1) is 8.72. The van der Waals surface area contributed by atoms with E-state index < -0.39 is 0 Å². The summed E-state index contributed by atoms with van der Waals surface area (Å²) >= 11 is 3.11. The van der Waals surface area contributed by atoms with Gasteiger partial charge in [-0.1, -0.05) is 24.3 Å². The maximum atomic E-state index is 12.3. The topological polar surface area (TPSA) is 46.2 Å². The van der Waals surface area contributed by atoms with Crippen LogP contribution in [0.25, 0.3) is 0 Å². The number of nitrogens with one attached hydrogen (secondary N) is 1. The minimum atomic E-state index is -0.107. The molecule has 0 aromatic heterocycles. The van der Waals surface area contributed by atoms with E-state index in [0.717, 1.165) is 5.69 Å². The summed E-state index contributed by atoms with van der Waals surface area (Å²) in [6.45, 7) is 0. The molecule has 2 aromatic carbocycles. The van der Waals surface area contributed by atoms with Gasteiger partial charge < -0.3 is 4.34 Å². The van der Waals surface area contributed by atoms with Gasteiger partial charge in [-0.05, 0) is 18.2 Å². The average molecular weight is 302 g/mol. The van der Waals surface area contributed by atoms with Crippen molar-refractivity contribution in [1.29, 1.82) is 0 Å². The number of halogens is 1.